The first-order valence-electron chi connectivity index (χ1n) is 6.40. The van der Waals surface area contributed by atoms with Crippen LogP contribution in [0.4, 0.5) is 4.39 Å². The van der Waals surface area contributed by atoms with Crippen molar-refractivity contribution in [3.63, 3.8) is 0 Å². The second kappa shape index (κ2) is 5.99. The summed E-state index contributed by atoms with van der Waals surface area (Å²) in [7, 11) is 1.45. The molecule has 0 atom stereocenters. The van der Waals surface area contributed by atoms with Gasteiger partial charge in [-0.25, -0.2) is 14.4 Å². The molecule has 3 rings (SSSR count). The predicted octanol–water partition coefficient (Wildman–Crippen LogP) is 3.47. The first-order chi connectivity index (χ1) is 10.2. The highest BCUT2D eigenvalue weighted by Gasteiger charge is 2.15. The van der Waals surface area contributed by atoms with Crippen molar-refractivity contribution in [2.24, 2.45) is 0 Å². The summed E-state index contributed by atoms with van der Waals surface area (Å²) in [6.07, 6.45) is 2.38. The van der Waals surface area contributed by atoms with Crippen LogP contribution in [0.1, 0.15) is 10.8 Å². The molecule has 0 bridgehead atoms. The summed E-state index contributed by atoms with van der Waals surface area (Å²) in [6.45, 7) is 0.592. The molecule has 1 aromatic carbocycles. The fourth-order valence-electron chi connectivity index (χ4n) is 2.25. The largest absolute Gasteiger partial charge is 0.494 e. The van der Waals surface area contributed by atoms with Crippen LogP contribution < -0.4 is 4.74 Å². The number of imidazole rings is 1. The molecule has 21 heavy (non-hydrogen) atoms. The summed E-state index contributed by atoms with van der Waals surface area (Å²) in [4.78, 5) is 8.77. The van der Waals surface area contributed by atoms with Gasteiger partial charge in [0.15, 0.2) is 11.6 Å². The van der Waals surface area contributed by atoms with E-state index in [1.165, 1.54) is 13.2 Å². The molecule has 0 aliphatic carbocycles. The summed E-state index contributed by atoms with van der Waals surface area (Å²) in [5, 5.41) is 2.89. The maximum atomic E-state index is 13.8. The Morgan fingerprint density at radius 2 is 2.29 bits per heavy atom. The Bertz CT molecular complexity index is 757. The monoisotopic (exact) mass is 325 g/mol. The zero-order valence-corrected chi connectivity index (χ0v) is 12.9. The third-order valence-corrected chi connectivity index (χ3v) is 4.15. The van der Waals surface area contributed by atoms with Crippen molar-refractivity contribution in [3.8, 4) is 5.75 Å². The van der Waals surface area contributed by atoms with Crippen molar-refractivity contribution < 1.29 is 9.13 Å². The molecule has 0 aliphatic heterocycles. The van der Waals surface area contributed by atoms with Gasteiger partial charge in [-0.2, -0.15) is 0 Å². The average Bonchev–Trinajstić information content (AvgIpc) is 3.08. The van der Waals surface area contributed by atoms with Crippen LogP contribution in [-0.2, 0) is 13.0 Å². The van der Waals surface area contributed by atoms with Crippen molar-refractivity contribution >= 4 is 34.0 Å². The van der Waals surface area contributed by atoms with Crippen molar-refractivity contribution in [1.29, 1.82) is 0 Å². The number of aryl methyl sites for hydroxylation is 1. The number of rotatable bonds is 5. The van der Waals surface area contributed by atoms with Crippen molar-refractivity contribution in [3.05, 3.63) is 40.4 Å². The fraction of sp³-hybridized carbons (Fsp3) is 0.286. The smallest absolute Gasteiger partial charge is 0.167 e. The van der Waals surface area contributed by atoms with Crippen LogP contribution in [-0.4, -0.2) is 27.5 Å². The Morgan fingerprint density at radius 1 is 1.43 bits per heavy atom. The highest BCUT2D eigenvalue weighted by Crippen LogP contribution is 2.26. The van der Waals surface area contributed by atoms with Gasteiger partial charge in [-0.15, -0.1) is 22.9 Å². The van der Waals surface area contributed by atoms with E-state index in [1.54, 1.807) is 23.6 Å². The van der Waals surface area contributed by atoms with Gasteiger partial charge in [0.2, 0.25) is 0 Å². The predicted molar refractivity (Wildman–Crippen MR) is 81.9 cm³/mol. The second-order valence-electron chi connectivity index (χ2n) is 4.45. The molecule has 3 aromatic rings. The first-order valence-corrected chi connectivity index (χ1v) is 7.81. The number of ether oxygens (including phenoxy) is 1. The van der Waals surface area contributed by atoms with Gasteiger partial charge in [0.25, 0.3) is 0 Å². The number of halogens is 2. The molecule has 7 heteroatoms. The van der Waals surface area contributed by atoms with E-state index in [1.807, 2.05) is 9.95 Å². The number of hydrogen-bond donors (Lipinski definition) is 0. The minimum absolute atomic E-state index is 0.209. The van der Waals surface area contributed by atoms with Crippen LogP contribution in [0.3, 0.4) is 0 Å². The normalized spacial score (nSPS) is 11.2. The standard InChI is InChI=1S/C14H13ClFN3OS/c1-20-12-7-11-10(6-9(12)16)18-13(2-3-15)19(11)8-14-17-4-5-21-14/h4-7H,2-3,8H2,1H3. The summed E-state index contributed by atoms with van der Waals surface area (Å²) < 4.78 is 20.9. The molecular weight excluding hydrogens is 313 g/mol. The molecule has 110 valence electrons. The number of thiazole rings is 1. The Morgan fingerprint density at radius 3 is 2.95 bits per heavy atom. The van der Waals surface area contributed by atoms with Gasteiger partial charge in [-0.3, -0.25) is 0 Å². The van der Waals surface area contributed by atoms with Gasteiger partial charge in [0.05, 0.1) is 24.7 Å². The Balaban J connectivity index is 2.15. The van der Waals surface area contributed by atoms with Gasteiger partial charge in [-0.05, 0) is 0 Å². The lowest BCUT2D eigenvalue weighted by Gasteiger charge is -2.07. The molecule has 0 radical (unpaired) electrons. The third-order valence-electron chi connectivity index (χ3n) is 3.20. The minimum atomic E-state index is -0.415. The van der Waals surface area contributed by atoms with E-state index in [0.717, 1.165) is 16.3 Å². The number of alkyl halides is 1. The van der Waals surface area contributed by atoms with E-state index >= 15 is 0 Å². The lowest BCUT2D eigenvalue weighted by molar-refractivity contribution is 0.387. The Hall–Kier alpha value is -1.66. The van der Waals surface area contributed by atoms with E-state index in [4.69, 9.17) is 16.3 Å². The van der Waals surface area contributed by atoms with Crippen LogP contribution in [0.5, 0.6) is 5.75 Å². The van der Waals surface area contributed by atoms with Gasteiger partial charge in [0.1, 0.15) is 10.8 Å². The maximum absolute atomic E-state index is 13.8. The summed E-state index contributed by atoms with van der Waals surface area (Å²) >= 11 is 7.41. The topological polar surface area (TPSA) is 39.9 Å². The van der Waals surface area contributed by atoms with Crippen molar-refractivity contribution in [2.75, 3.05) is 13.0 Å². The molecule has 0 saturated heterocycles. The van der Waals surface area contributed by atoms with E-state index in [-0.39, 0.29) is 5.75 Å². The molecule has 0 aliphatic rings. The zero-order valence-electron chi connectivity index (χ0n) is 11.3. The Labute approximate surface area is 130 Å². The average molecular weight is 326 g/mol. The number of fused-ring (bicyclic) bond motifs is 1. The Kier molecular flexibility index (Phi) is 4.07. The van der Waals surface area contributed by atoms with E-state index in [2.05, 4.69) is 9.97 Å². The summed E-state index contributed by atoms with van der Waals surface area (Å²) in [5.41, 5.74) is 1.42. The van der Waals surface area contributed by atoms with Gasteiger partial charge < -0.3 is 9.30 Å². The minimum Gasteiger partial charge on any atom is -0.494 e. The van der Waals surface area contributed by atoms with Gasteiger partial charge in [-0.1, -0.05) is 0 Å². The van der Waals surface area contributed by atoms with Crippen molar-refractivity contribution in [1.82, 2.24) is 14.5 Å². The van der Waals surface area contributed by atoms with Crippen LogP contribution in [0.15, 0.2) is 23.7 Å². The molecule has 0 saturated carbocycles. The number of hydrogen-bond acceptors (Lipinski definition) is 4. The van der Waals surface area contributed by atoms with Gasteiger partial charge >= 0.3 is 0 Å². The number of aromatic nitrogens is 3. The molecule has 0 spiro atoms. The van der Waals surface area contributed by atoms with E-state index in [9.17, 15) is 4.39 Å². The molecule has 0 unspecified atom stereocenters. The summed E-state index contributed by atoms with van der Waals surface area (Å²) in [6, 6.07) is 3.06. The lowest BCUT2D eigenvalue weighted by atomic mass is 10.3. The molecule has 2 aromatic heterocycles. The number of methoxy groups -OCH3 is 1. The van der Waals surface area contributed by atoms with Crippen LogP contribution in [0, 0.1) is 5.82 Å². The van der Waals surface area contributed by atoms with Crippen LogP contribution >= 0.6 is 22.9 Å². The van der Waals surface area contributed by atoms with Crippen LogP contribution in [0.25, 0.3) is 11.0 Å². The first kappa shape index (κ1) is 14.3. The number of benzene rings is 1. The van der Waals surface area contributed by atoms with Gasteiger partial charge in [0, 0.05) is 36.0 Å². The molecule has 4 nitrogen and oxygen atoms in total. The lowest BCUT2D eigenvalue weighted by Crippen LogP contribution is -2.05. The molecule has 0 N–H and O–H groups in total. The fourth-order valence-corrected chi connectivity index (χ4v) is 3.02. The van der Waals surface area contributed by atoms with E-state index in [0.29, 0.717) is 24.4 Å². The second-order valence-corrected chi connectivity index (χ2v) is 5.81. The summed E-state index contributed by atoms with van der Waals surface area (Å²) in [5.74, 6) is 1.07. The molecule has 2 heterocycles. The molecular formula is C14H13ClFN3OS. The SMILES string of the molecule is COc1cc2c(cc1F)nc(CCCl)n2Cc1nccs1. The molecule has 0 amide bonds. The highest BCUT2D eigenvalue weighted by molar-refractivity contribution is 7.09. The third kappa shape index (κ3) is 2.73. The zero-order chi connectivity index (χ0) is 14.8. The maximum Gasteiger partial charge on any atom is 0.167 e. The van der Waals surface area contributed by atoms with Crippen molar-refractivity contribution in [2.45, 2.75) is 13.0 Å². The van der Waals surface area contributed by atoms with Crippen LogP contribution in [0.2, 0.25) is 0 Å². The molecule has 0 fully saturated rings. The van der Waals surface area contributed by atoms with E-state index < -0.39 is 5.82 Å². The highest BCUT2D eigenvalue weighted by atomic mass is 35.5. The number of nitrogens with zero attached hydrogens (tertiary/aromatic N) is 3. The quantitative estimate of drug-likeness (QED) is 0.674.